The van der Waals surface area contributed by atoms with Crippen LogP contribution in [0, 0.1) is 6.92 Å². The van der Waals surface area contributed by atoms with Crippen molar-refractivity contribution in [1.29, 1.82) is 0 Å². The van der Waals surface area contributed by atoms with Crippen molar-refractivity contribution in [3.05, 3.63) is 28.2 Å². The standard InChI is InChI=1S/C16H17ClN4OS/c1-9-7-18-3-4-21(9)16-20-13-6-11(17)5-12(14(13)22-16)15-19-8-10(2)23-15/h5-6,8-9,18H,3-4,7H2,1-2H3/t9-/m0/s1. The molecule has 23 heavy (non-hydrogen) atoms. The molecule has 1 aliphatic rings. The molecule has 1 N–H and O–H groups in total. The van der Waals surface area contributed by atoms with Crippen LogP contribution in [-0.4, -0.2) is 35.6 Å². The maximum absolute atomic E-state index is 6.28. The van der Waals surface area contributed by atoms with E-state index in [0.29, 0.717) is 17.1 Å². The second-order valence-corrected chi connectivity index (χ2v) is 7.49. The van der Waals surface area contributed by atoms with Gasteiger partial charge < -0.3 is 14.6 Å². The smallest absolute Gasteiger partial charge is 0.298 e. The van der Waals surface area contributed by atoms with Crippen molar-refractivity contribution in [2.45, 2.75) is 19.9 Å². The predicted molar refractivity (Wildman–Crippen MR) is 94.5 cm³/mol. The highest BCUT2D eigenvalue weighted by Crippen LogP contribution is 2.36. The fraction of sp³-hybridized carbons (Fsp3) is 0.375. The van der Waals surface area contributed by atoms with E-state index in [1.165, 1.54) is 0 Å². The topological polar surface area (TPSA) is 54.2 Å². The van der Waals surface area contributed by atoms with Crippen LogP contribution in [-0.2, 0) is 0 Å². The highest BCUT2D eigenvalue weighted by atomic mass is 35.5. The van der Waals surface area contributed by atoms with Gasteiger partial charge in [0.05, 0.1) is 5.56 Å². The molecule has 1 saturated heterocycles. The number of aryl methyl sites for hydroxylation is 1. The number of rotatable bonds is 2. The van der Waals surface area contributed by atoms with Crippen LogP contribution in [0.1, 0.15) is 11.8 Å². The minimum atomic E-state index is 0.345. The van der Waals surface area contributed by atoms with E-state index in [4.69, 9.17) is 16.0 Å². The molecule has 0 saturated carbocycles. The zero-order valence-electron chi connectivity index (χ0n) is 13.0. The lowest BCUT2D eigenvalue weighted by atomic mass is 10.2. The molecule has 0 spiro atoms. The lowest BCUT2D eigenvalue weighted by Gasteiger charge is -2.32. The third-order valence-electron chi connectivity index (χ3n) is 4.04. The van der Waals surface area contributed by atoms with Crippen molar-refractivity contribution < 1.29 is 4.42 Å². The second kappa shape index (κ2) is 5.78. The number of aromatic nitrogens is 2. The van der Waals surface area contributed by atoms with Gasteiger partial charge in [0.1, 0.15) is 10.5 Å². The Hall–Kier alpha value is -1.63. The summed E-state index contributed by atoms with van der Waals surface area (Å²) in [6.07, 6.45) is 1.86. The highest BCUT2D eigenvalue weighted by molar-refractivity contribution is 7.15. The van der Waals surface area contributed by atoms with E-state index in [1.54, 1.807) is 11.3 Å². The summed E-state index contributed by atoms with van der Waals surface area (Å²) in [6, 6.07) is 4.75. The number of anilines is 1. The summed E-state index contributed by atoms with van der Waals surface area (Å²) in [6.45, 7) is 6.95. The first-order chi connectivity index (χ1) is 11.1. The Balaban J connectivity index is 1.84. The normalized spacial score (nSPS) is 18.7. The van der Waals surface area contributed by atoms with Crippen molar-refractivity contribution >= 4 is 40.1 Å². The van der Waals surface area contributed by atoms with Gasteiger partial charge in [-0.2, -0.15) is 4.98 Å². The van der Waals surface area contributed by atoms with Gasteiger partial charge in [0, 0.05) is 41.8 Å². The quantitative estimate of drug-likeness (QED) is 0.765. The number of oxazole rings is 1. The summed E-state index contributed by atoms with van der Waals surface area (Å²) >= 11 is 7.90. The average Bonchev–Trinajstić information content (AvgIpc) is 3.13. The number of thiazole rings is 1. The summed E-state index contributed by atoms with van der Waals surface area (Å²) in [5.74, 6) is 0. The third-order valence-corrected chi connectivity index (χ3v) is 5.21. The monoisotopic (exact) mass is 348 g/mol. The zero-order valence-corrected chi connectivity index (χ0v) is 14.5. The molecule has 5 nitrogen and oxygen atoms in total. The Labute approximate surface area is 143 Å². The van der Waals surface area contributed by atoms with E-state index in [-0.39, 0.29) is 0 Å². The minimum absolute atomic E-state index is 0.345. The SMILES string of the molecule is Cc1cnc(-c2cc(Cl)cc3nc(N4CCNC[C@@H]4C)oc23)s1. The average molecular weight is 349 g/mol. The predicted octanol–water partition coefficient (Wildman–Crippen LogP) is 3.71. The van der Waals surface area contributed by atoms with E-state index in [0.717, 1.165) is 46.2 Å². The second-order valence-electron chi connectivity index (χ2n) is 5.82. The van der Waals surface area contributed by atoms with Gasteiger partial charge >= 0.3 is 0 Å². The Morgan fingerprint density at radius 1 is 1.43 bits per heavy atom. The van der Waals surface area contributed by atoms with Gasteiger partial charge in [-0.05, 0) is 26.0 Å². The number of nitrogens with one attached hydrogen (secondary N) is 1. The fourth-order valence-corrected chi connectivity index (χ4v) is 3.86. The summed E-state index contributed by atoms with van der Waals surface area (Å²) in [7, 11) is 0. The number of halogens is 1. The molecular formula is C16H17ClN4OS. The van der Waals surface area contributed by atoms with Crippen LogP contribution >= 0.6 is 22.9 Å². The molecule has 2 aromatic heterocycles. The van der Waals surface area contributed by atoms with Gasteiger partial charge in [-0.15, -0.1) is 11.3 Å². The van der Waals surface area contributed by atoms with E-state index in [2.05, 4.69) is 27.1 Å². The van der Waals surface area contributed by atoms with Crippen molar-refractivity contribution in [1.82, 2.24) is 15.3 Å². The maximum atomic E-state index is 6.28. The van der Waals surface area contributed by atoms with Gasteiger partial charge in [0.15, 0.2) is 5.58 Å². The van der Waals surface area contributed by atoms with E-state index >= 15 is 0 Å². The Morgan fingerprint density at radius 2 is 2.30 bits per heavy atom. The van der Waals surface area contributed by atoms with E-state index in [1.807, 2.05) is 25.3 Å². The first-order valence-electron chi connectivity index (χ1n) is 7.62. The number of fused-ring (bicyclic) bond motifs is 1. The maximum Gasteiger partial charge on any atom is 0.298 e. The van der Waals surface area contributed by atoms with Crippen molar-refractivity contribution in [3.63, 3.8) is 0 Å². The molecule has 3 heterocycles. The highest BCUT2D eigenvalue weighted by Gasteiger charge is 2.24. The summed E-state index contributed by atoms with van der Waals surface area (Å²) in [5, 5.41) is 4.93. The first kappa shape index (κ1) is 14.9. The van der Waals surface area contributed by atoms with Gasteiger partial charge in [-0.3, -0.25) is 0 Å². The number of nitrogens with zero attached hydrogens (tertiary/aromatic N) is 3. The molecular weight excluding hydrogens is 332 g/mol. The molecule has 4 rings (SSSR count). The lowest BCUT2D eigenvalue weighted by molar-refractivity contribution is 0.456. The minimum Gasteiger partial charge on any atom is -0.423 e. The lowest BCUT2D eigenvalue weighted by Crippen LogP contribution is -2.50. The molecule has 120 valence electrons. The molecule has 0 amide bonds. The fourth-order valence-electron chi connectivity index (χ4n) is 2.87. The molecule has 0 aliphatic carbocycles. The van der Waals surface area contributed by atoms with Crippen LogP contribution in [0.25, 0.3) is 21.7 Å². The molecule has 1 fully saturated rings. The Morgan fingerprint density at radius 3 is 3.04 bits per heavy atom. The molecule has 0 unspecified atom stereocenters. The van der Waals surface area contributed by atoms with Crippen molar-refractivity contribution in [2.24, 2.45) is 0 Å². The largest absolute Gasteiger partial charge is 0.423 e. The van der Waals surface area contributed by atoms with Gasteiger partial charge in [0.2, 0.25) is 0 Å². The van der Waals surface area contributed by atoms with Crippen LogP contribution in [0.3, 0.4) is 0 Å². The Kier molecular flexibility index (Phi) is 3.75. The Bertz CT molecular complexity index is 859. The number of piperazine rings is 1. The molecule has 3 aromatic rings. The van der Waals surface area contributed by atoms with Crippen molar-refractivity contribution in [2.75, 3.05) is 24.5 Å². The van der Waals surface area contributed by atoms with E-state index < -0.39 is 0 Å². The third kappa shape index (κ3) is 2.71. The van der Waals surface area contributed by atoms with Gasteiger partial charge in [-0.25, -0.2) is 4.98 Å². The zero-order chi connectivity index (χ0) is 16.0. The van der Waals surface area contributed by atoms with Crippen LogP contribution in [0.5, 0.6) is 0 Å². The number of hydrogen-bond acceptors (Lipinski definition) is 6. The van der Waals surface area contributed by atoms with Crippen LogP contribution in [0.4, 0.5) is 6.01 Å². The molecule has 7 heteroatoms. The van der Waals surface area contributed by atoms with E-state index in [9.17, 15) is 0 Å². The summed E-state index contributed by atoms with van der Waals surface area (Å²) in [4.78, 5) is 12.5. The van der Waals surface area contributed by atoms with Crippen LogP contribution in [0.2, 0.25) is 5.02 Å². The number of benzene rings is 1. The van der Waals surface area contributed by atoms with Gasteiger partial charge in [0.25, 0.3) is 6.01 Å². The van der Waals surface area contributed by atoms with Crippen LogP contribution in [0.15, 0.2) is 22.7 Å². The number of hydrogen-bond donors (Lipinski definition) is 1. The summed E-state index contributed by atoms with van der Waals surface area (Å²) < 4.78 is 6.12. The first-order valence-corrected chi connectivity index (χ1v) is 8.81. The van der Waals surface area contributed by atoms with Crippen molar-refractivity contribution in [3.8, 4) is 10.6 Å². The molecule has 1 aliphatic heterocycles. The molecule has 0 radical (unpaired) electrons. The molecule has 1 atom stereocenters. The van der Waals surface area contributed by atoms with Crippen LogP contribution < -0.4 is 10.2 Å². The summed E-state index contributed by atoms with van der Waals surface area (Å²) in [5.41, 5.74) is 2.44. The molecule has 1 aromatic carbocycles. The molecule has 0 bridgehead atoms. The van der Waals surface area contributed by atoms with Gasteiger partial charge in [-0.1, -0.05) is 11.6 Å².